The number of carbonyl (C=O) groups is 1. The number of piperidine rings is 1. The van der Waals surface area contributed by atoms with Crippen LogP contribution in [-0.4, -0.2) is 38.9 Å². The molecular formula is C20H23ClN2O4S. The average molecular weight is 423 g/mol. The molecule has 0 atom stereocenters. The Bertz CT molecular complexity index is 939. The zero-order valence-corrected chi connectivity index (χ0v) is 17.2. The molecule has 1 aliphatic heterocycles. The van der Waals surface area contributed by atoms with E-state index in [2.05, 4.69) is 4.72 Å². The van der Waals surface area contributed by atoms with Gasteiger partial charge in [0.05, 0.1) is 10.6 Å². The maximum absolute atomic E-state index is 12.5. The van der Waals surface area contributed by atoms with Crippen molar-refractivity contribution in [1.29, 1.82) is 0 Å². The number of aryl methyl sites for hydroxylation is 1. The van der Waals surface area contributed by atoms with Crippen LogP contribution in [0.4, 0.5) is 5.69 Å². The van der Waals surface area contributed by atoms with E-state index in [-0.39, 0.29) is 17.4 Å². The highest BCUT2D eigenvalue weighted by Crippen LogP contribution is 2.23. The van der Waals surface area contributed by atoms with Crippen LogP contribution in [0, 0.1) is 6.92 Å². The van der Waals surface area contributed by atoms with Crippen LogP contribution in [0.25, 0.3) is 0 Å². The second-order valence-corrected chi connectivity index (χ2v) is 8.86. The summed E-state index contributed by atoms with van der Waals surface area (Å²) in [5.41, 5.74) is 1.26. The maximum Gasteiger partial charge on any atom is 0.261 e. The average Bonchev–Trinajstić information content (AvgIpc) is 2.70. The molecule has 6 nitrogen and oxygen atoms in total. The van der Waals surface area contributed by atoms with E-state index < -0.39 is 10.0 Å². The molecule has 1 amide bonds. The second kappa shape index (κ2) is 8.84. The SMILES string of the molecule is Cc1ccc(NS(=O)(=O)c2ccc(OCC(=O)N3CCCCC3)cc2)cc1Cl. The Morgan fingerprint density at radius 3 is 2.43 bits per heavy atom. The number of anilines is 1. The van der Waals surface area contributed by atoms with Gasteiger partial charge >= 0.3 is 0 Å². The van der Waals surface area contributed by atoms with Gasteiger partial charge in [0.1, 0.15) is 5.75 Å². The molecule has 0 unspecified atom stereocenters. The van der Waals surface area contributed by atoms with E-state index in [0.717, 1.165) is 37.9 Å². The number of hydrogen-bond donors (Lipinski definition) is 1. The highest BCUT2D eigenvalue weighted by atomic mass is 35.5. The standard InChI is InChI=1S/C20H23ClN2O4S/c1-15-5-6-16(13-19(15)21)22-28(25,26)18-9-7-17(8-10-18)27-14-20(24)23-11-3-2-4-12-23/h5-10,13,22H,2-4,11-12,14H2,1H3. The summed E-state index contributed by atoms with van der Waals surface area (Å²) in [6.45, 7) is 3.34. The second-order valence-electron chi connectivity index (χ2n) is 6.77. The minimum Gasteiger partial charge on any atom is -0.484 e. The predicted molar refractivity (Wildman–Crippen MR) is 109 cm³/mol. The fraction of sp³-hybridized carbons (Fsp3) is 0.350. The van der Waals surface area contributed by atoms with Crippen molar-refractivity contribution in [2.45, 2.75) is 31.1 Å². The Morgan fingerprint density at radius 1 is 1.11 bits per heavy atom. The van der Waals surface area contributed by atoms with Gasteiger partial charge in [-0.1, -0.05) is 17.7 Å². The molecule has 150 valence electrons. The monoisotopic (exact) mass is 422 g/mol. The van der Waals surface area contributed by atoms with Gasteiger partial charge in [0.25, 0.3) is 15.9 Å². The van der Waals surface area contributed by atoms with Crippen LogP contribution >= 0.6 is 11.6 Å². The lowest BCUT2D eigenvalue weighted by molar-refractivity contribution is -0.134. The van der Waals surface area contributed by atoms with Crippen molar-refractivity contribution in [3.63, 3.8) is 0 Å². The number of nitrogens with zero attached hydrogens (tertiary/aromatic N) is 1. The van der Waals surface area contributed by atoms with Gasteiger partial charge in [0.2, 0.25) is 0 Å². The molecule has 0 bridgehead atoms. The number of halogens is 1. The first-order valence-corrected chi connectivity index (χ1v) is 11.0. The topological polar surface area (TPSA) is 75.7 Å². The van der Waals surface area contributed by atoms with Crippen LogP contribution in [0.15, 0.2) is 47.4 Å². The van der Waals surface area contributed by atoms with Crippen LogP contribution in [0.5, 0.6) is 5.75 Å². The molecule has 0 saturated carbocycles. The number of rotatable bonds is 6. The summed E-state index contributed by atoms with van der Waals surface area (Å²) in [6, 6.07) is 10.9. The van der Waals surface area contributed by atoms with Crippen LogP contribution < -0.4 is 9.46 Å². The van der Waals surface area contributed by atoms with E-state index in [4.69, 9.17) is 16.3 Å². The lowest BCUT2D eigenvalue weighted by Crippen LogP contribution is -2.38. The number of ether oxygens (including phenoxy) is 1. The molecule has 28 heavy (non-hydrogen) atoms. The molecule has 3 rings (SSSR count). The Kier molecular flexibility index (Phi) is 6.46. The summed E-state index contributed by atoms with van der Waals surface area (Å²) in [6.07, 6.45) is 3.21. The molecule has 8 heteroatoms. The van der Waals surface area contributed by atoms with E-state index in [1.165, 1.54) is 12.1 Å². The zero-order chi connectivity index (χ0) is 20.1. The van der Waals surface area contributed by atoms with Gasteiger partial charge in [-0.3, -0.25) is 9.52 Å². The van der Waals surface area contributed by atoms with Crippen molar-refractivity contribution in [3.05, 3.63) is 53.1 Å². The molecule has 1 N–H and O–H groups in total. The molecule has 1 aliphatic rings. The lowest BCUT2D eigenvalue weighted by atomic mass is 10.1. The number of amides is 1. The number of likely N-dealkylation sites (tertiary alicyclic amines) is 1. The molecule has 0 radical (unpaired) electrons. The number of carbonyl (C=O) groups excluding carboxylic acids is 1. The van der Waals surface area contributed by atoms with Gasteiger partial charge in [-0.05, 0) is 68.1 Å². The fourth-order valence-electron chi connectivity index (χ4n) is 2.97. The summed E-state index contributed by atoms with van der Waals surface area (Å²) >= 11 is 6.04. The smallest absolute Gasteiger partial charge is 0.261 e. The highest BCUT2D eigenvalue weighted by molar-refractivity contribution is 7.92. The molecule has 2 aromatic rings. The summed E-state index contributed by atoms with van der Waals surface area (Å²) in [7, 11) is -3.75. The Labute approximate surface area is 170 Å². The van der Waals surface area contributed by atoms with E-state index in [9.17, 15) is 13.2 Å². The van der Waals surface area contributed by atoms with Gasteiger partial charge < -0.3 is 9.64 Å². The van der Waals surface area contributed by atoms with Crippen molar-refractivity contribution in [2.75, 3.05) is 24.4 Å². The zero-order valence-electron chi connectivity index (χ0n) is 15.7. The molecule has 0 aliphatic carbocycles. The summed E-state index contributed by atoms with van der Waals surface area (Å²) in [5, 5.41) is 0.488. The van der Waals surface area contributed by atoms with Gasteiger partial charge in [-0.25, -0.2) is 8.42 Å². The number of sulfonamides is 1. The van der Waals surface area contributed by atoms with Crippen LogP contribution in [0.3, 0.4) is 0 Å². The summed E-state index contributed by atoms with van der Waals surface area (Å²) in [4.78, 5) is 14.0. The molecule has 1 saturated heterocycles. The minimum absolute atomic E-state index is 0.0469. The van der Waals surface area contributed by atoms with Gasteiger partial charge in [0, 0.05) is 18.1 Å². The van der Waals surface area contributed by atoms with Crippen LogP contribution in [0.1, 0.15) is 24.8 Å². The van der Waals surface area contributed by atoms with Crippen molar-refractivity contribution in [2.24, 2.45) is 0 Å². The third-order valence-electron chi connectivity index (χ3n) is 4.63. The minimum atomic E-state index is -3.75. The van der Waals surface area contributed by atoms with E-state index in [1.54, 1.807) is 35.2 Å². The largest absolute Gasteiger partial charge is 0.484 e. The first-order chi connectivity index (χ1) is 13.3. The van der Waals surface area contributed by atoms with Gasteiger partial charge in [-0.15, -0.1) is 0 Å². The number of benzene rings is 2. The first kappa shape index (κ1) is 20.5. The van der Waals surface area contributed by atoms with Gasteiger partial charge in [-0.2, -0.15) is 0 Å². The van der Waals surface area contributed by atoms with Crippen LogP contribution in [-0.2, 0) is 14.8 Å². The third kappa shape index (κ3) is 5.17. The normalized spacial score (nSPS) is 14.6. The predicted octanol–water partition coefficient (Wildman–Crippen LogP) is 3.84. The van der Waals surface area contributed by atoms with Crippen molar-refractivity contribution in [1.82, 2.24) is 4.90 Å². The molecular weight excluding hydrogens is 400 g/mol. The maximum atomic E-state index is 12.5. The third-order valence-corrected chi connectivity index (χ3v) is 6.43. The molecule has 1 heterocycles. The molecule has 0 spiro atoms. The molecule has 1 fully saturated rings. The highest BCUT2D eigenvalue weighted by Gasteiger charge is 2.18. The Hall–Kier alpha value is -2.25. The van der Waals surface area contributed by atoms with E-state index in [0.29, 0.717) is 16.5 Å². The summed E-state index contributed by atoms with van der Waals surface area (Å²) < 4.78 is 33.1. The fourth-order valence-corrected chi connectivity index (χ4v) is 4.20. The van der Waals surface area contributed by atoms with E-state index in [1.807, 2.05) is 6.92 Å². The Balaban J connectivity index is 1.60. The van der Waals surface area contributed by atoms with Crippen molar-refractivity contribution in [3.8, 4) is 5.75 Å². The van der Waals surface area contributed by atoms with Crippen molar-refractivity contribution < 1.29 is 17.9 Å². The lowest BCUT2D eigenvalue weighted by Gasteiger charge is -2.26. The first-order valence-electron chi connectivity index (χ1n) is 9.15. The number of nitrogens with one attached hydrogen (secondary N) is 1. The summed E-state index contributed by atoms with van der Waals surface area (Å²) in [5.74, 6) is 0.400. The quantitative estimate of drug-likeness (QED) is 0.767. The van der Waals surface area contributed by atoms with E-state index >= 15 is 0 Å². The van der Waals surface area contributed by atoms with Crippen LogP contribution in [0.2, 0.25) is 5.02 Å². The number of hydrogen-bond acceptors (Lipinski definition) is 4. The Morgan fingerprint density at radius 2 is 1.79 bits per heavy atom. The molecule has 2 aromatic carbocycles. The van der Waals surface area contributed by atoms with Crippen molar-refractivity contribution >= 4 is 33.2 Å². The molecule has 0 aromatic heterocycles. The van der Waals surface area contributed by atoms with Gasteiger partial charge in [0.15, 0.2) is 6.61 Å².